The van der Waals surface area contributed by atoms with Crippen molar-refractivity contribution in [2.75, 3.05) is 6.61 Å². The number of nitro groups is 1. The SMILES string of the molecule is CCCCOc1c(I)cc(/C=C2\N=C(c3cccc([N+](=O)[O-])c3C)OC2=O)cc1I. The molecule has 0 radical (unpaired) electrons. The standard InChI is InChI=1S/C21H18I2N2O5/c1-3-4-8-29-19-15(22)9-13(10-16(19)23)11-17-21(26)30-20(24-17)14-6-5-7-18(12(14)2)25(27)28/h5-7,9-11H,3-4,8H2,1-2H3/b17-11-. The second-order valence-electron chi connectivity index (χ2n) is 6.56. The molecule has 1 aliphatic heterocycles. The maximum absolute atomic E-state index is 12.3. The molecule has 2 aromatic rings. The Balaban J connectivity index is 1.92. The number of aliphatic imine (C=N–C) groups is 1. The molecule has 9 heteroatoms. The van der Waals surface area contributed by atoms with Crippen LogP contribution in [0.25, 0.3) is 6.08 Å². The summed E-state index contributed by atoms with van der Waals surface area (Å²) in [6, 6.07) is 8.42. The molecule has 3 rings (SSSR count). The second kappa shape index (κ2) is 9.86. The topological polar surface area (TPSA) is 91.0 Å². The number of carbonyl (C=O) groups excluding carboxylic acids is 1. The Hall–Kier alpha value is -2.02. The van der Waals surface area contributed by atoms with Crippen molar-refractivity contribution < 1.29 is 19.2 Å². The predicted molar refractivity (Wildman–Crippen MR) is 131 cm³/mol. The summed E-state index contributed by atoms with van der Waals surface area (Å²) in [6.07, 6.45) is 3.68. The number of hydrogen-bond donors (Lipinski definition) is 0. The zero-order valence-corrected chi connectivity index (χ0v) is 20.6. The van der Waals surface area contributed by atoms with Crippen molar-refractivity contribution in [1.29, 1.82) is 0 Å². The van der Waals surface area contributed by atoms with Crippen LogP contribution in [0.1, 0.15) is 36.5 Å². The summed E-state index contributed by atoms with van der Waals surface area (Å²) in [7, 11) is 0. The van der Waals surface area contributed by atoms with Crippen LogP contribution < -0.4 is 4.74 Å². The monoisotopic (exact) mass is 632 g/mol. The molecular weight excluding hydrogens is 614 g/mol. The third-order valence-corrected chi connectivity index (χ3v) is 6.02. The molecule has 1 heterocycles. The molecule has 0 amide bonds. The van der Waals surface area contributed by atoms with Gasteiger partial charge in [0.05, 0.1) is 18.7 Å². The van der Waals surface area contributed by atoms with E-state index >= 15 is 0 Å². The van der Waals surface area contributed by atoms with E-state index in [0.29, 0.717) is 17.7 Å². The van der Waals surface area contributed by atoms with Gasteiger partial charge in [-0.15, -0.1) is 0 Å². The van der Waals surface area contributed by atoms with Crippen LogP contribution in [0.5, 0.6) is 5.75 Å². The lowest BCUT2D eigenvalue weighted by Gasteiger charge is -2.11. The quantitative estimate of drug-likeness (QED) is 0.0986. The van der Waals surface area contributed by atoms with E-state index in [-0.39, 0.29) is 17.3 Å². The van der Waals surface area contributed by atoms with Gasteiger partial charge < -0.3 is 9.47 Å². The molecule has 0 aromatic heterocycles. The average molecular weight is 632 g/mol. The Morgan fingerprint density at radius 3 is 2.60 bits per heavy atom. The van der Waals surface area contributed by atoms with Gasteiger partial charge in [-0.1, -0.05) is 19.4 Å². The third kappa shape index (κ3) is 4.99. The van der Waals surface area contributed by atoms with Gasteiger partial charge in [-0.3, -0.25) is 10.1 Å². The number of cyclic esters (lactones) is 1. The third-order valence-electron chi connectivity index (χ3n) is 4.42. The Morgan fingerprint density at radius 1 is 1.27 bits per heavy atom. The van der Waals surface area contributed by atoms with E-state index in [0.717, 1.165) is 31.3 Å². The second-order valence-corrected chi connectivity index (χ2v) is 8.88. The highest BCUT2D eigenvalue weighted by Crippen LogP contribution is 2.31. The zero-order valence-electron chi connectivity index (χ0n) is 16.3. The summed E-state index contributed by atoms with van der Waals surface area (Å²) in [5.41, 5.74) is 1.70. The smallest absolute Gasteiger partial charge is 0.363 e. The zero-order chi connectivity index (χ0) is 21.8. The van der Waals surface area contributed by atoms with Crippen molar-refractivity contribution in [3.8, 4) is 5.75 Å². The maximum atomic E-state index is 12.3. The van der Waals surface area contributed by atoms with Gasteiger partial charge in [-0.05, 0) is 88.4 Å². The number of hydrogen-bond acceptors (Lipinski definition) is 6. The number of nitro benzene ring substituents is 1. The fourth-order valence-electron chi connectivity index (χ4n) is 2.85. The minimum atomic E-state index is -0.593. The minimum Gasteiger partial charge on any atom is -0.491 e. The summed E-state index contributed by atoms with van der Waals surface area (Å²) in [5.74, 6) is 0.303. The fraction of sp³-hybridized carbons (Fsp3) is 0.238. The van der Waals surface area contributed by atoms with E-state index in [2.05, 4.69) is 57.1 Å². The van der Waals surface area contributed by atoms with Crippen LogP contribution in [-0.4, -0.2) is 23.4 Å². The Labute approximate surface area is 201 Å². The van der Waals surface area contributed by atoms with Crippen LogP contribution in [0, 0.1) is 24.2 Å². The highest BCUT2D eigenvalue weighted by atomic mass is 127. The molecule has 0 N–H and O–H groups in total. The van der Waals surface area contributed by atoms with Gasteiger partial charge in [-0.25, -0.2) is 9.79 Å². The van der Waals surface area contributed by atoms with Crippen LogP contribution in [-0.2, 0) is 9.53 Å². The van der Waals surface area contributed by atoms with E-state index in [1.165, 1.54) is 6.07 Å². The largest absolute Gasteiger partial charge is 0.491 e. The van der Waals surface area contributed by atoms with Gasteiger partial charge in [0, 0.05) is 17.2 Å². The summed E-state index contributed by atoms with van der Waals surface area (Å²) in [5, 5.41) is 11.2. The van der Waals surface area contributed by atoms with Gasteiger partial charge >= 0.3 is 5.97 Å². The first-order valence-electron chi connectivity index (χ1n) is 9.20. The molecule has 0 fully saturated rings. The molecular formula is C21H18I2N2O5. The van der Waals surface area contributed by atoms with E-state index in [1.807, 2.05) is 12.1 Å². The molecule has 0 unspecified atom stereocenters. The molecule has 0 bridgehead atoms. The highest BCUT2D eigenvalue weighted by molar-refractivity contribution is 14.1. The van der Waals surface area contributed by atoms with Crippen LogP contribution >= 0.6 is 45.2 Å². The molecule has 0 saturated carbocycles. The van der Waals surface area contributed by atoms with Crippen molar-refractivity contribution in [2.24, 2.45) is 4.99 Å². The lowest BCUT2D eigenvalue weighted by Crippen LogP contribution is -2.08. The van der Waals surface area contributed by atoms with Crippen molar-refractivity contribution >= 4 is 68.8 Å². The Kier molecular flexibility index (Phi) is 7.45. The predicted octanol–water partition coefficient (Wildman–Crippen LogP) is 5.64. The molecule has 2 aromatic carbocycles. The number of unbranched alkanes of at least 4 members (excludes halogenated alkanes) is 1. The van der Waals surface area contributed by atoms with E-state index < -0.39 is 10.9 Å². The lowest BCUT2D eigenvalue weighted by molar-refractivity contribution is -0.385. The van der Waals surface area contributed by atoms with Crippen molar-refractivity contribution in [1.82, 2.24) is 0 Å². The summed E-state index contributed by atoms with van der Waals surface area (Å²) in [6.45, 7) is 4.37. The van der Waals surface area contributed by atoms with Crippen LogP contribution in [0.4, 0.5) is 5.69 Å². The van der Waals surface area contributed by atoms with Gasteiger partial charge in [0.15, 0.2) is 5.70 Å². The number of benzene rings is 2. The number of esters is 1. The molecule has 0 aliphatic carbocycles. The van der Waals surface area contributed by atoms with Crippen molar-refractivity contribution in [3.05, 3.63) is 70.0 Å². The van der Waals surface area contributed by atoms with Crippen molar-refractivity contribution in [3.63, 3.8) is 0 Å². The van der Waals surface area contributed by atoms with E-state index in [9.17, 15) is 14.9 Å². The maximum Gasteiger partial charge on any atom is 0.363 e. The molecule has 0 saturated heterocycles. The average Bonchev–Trinajstić information content (AvgIpc) is 3.04. The van der Waals surface area contributed by atoms with Crippen molar-refractivity contribution in [2.45, 2.75) is 26.7 Å². The summed E-state index contributed by atoms with van der Waals surface area (Å²) >= 11 is 4.42. The van der Waals surface area contributed by atoms with E-state index in [4.69, 9.17) is 9.47 Å². The summed E-state index contributed by atoms with van der Waals surface area (Å²) in [4.78, 5) is 27.3. The Morgan fingerprint density at radius 2 is 1.97 bits per heavy atom. The van der Waals surface area contributed by atoms with Crippen LogP contribution in [0.2, 0.25) is 0 Å². The first kappa shape index (κ1) is 22.7. The number of rotatable bonds is 7. The normalized spacial score (nSPS) is 14.6. The Bertz CT molecular complexity index is 1060. The molecule has 7 nitrogen and oxygen atoms in total. The van der Waals surface area contributed by atoms with Gasteiger partial charge in [-0.2, -0.15) is 0 Å². The molecule has 1 aliphatic rings. The van der Waals surface area contributed by atoms with Gasteiger partial charge in [0.2, 0.25) is 5.90 Å². The van der Waals surface area contributed by atoms with Gasteiger partial charge in [0.25, 0.3) is 5.69 Å². The first-order chi connectivity index (χ1) is 14.3. The number of ether oxygens (including phenoxy) is 2. The van der Waals surface area contributed by atoms with Crippen LogP contribution in [0.15, 0.2) is 41.0 Å². The molecule has 0 spiro atoms. The fourth-order valence-corrected chi connectivity index (χ4v) is 4.98. The minimum absolute atomic E-state index is 0.0496. The van der Waals surface area contributed by atoms with Gasteiger partial charge in [0.1, 0.15) is 5.75 Å². The highest BCUT2D eigenvalue weighted by Gasteiger charge is 2.27. The molecule has 30 heavy (non-hydrogen) atoms. The number of halogens is 2. The number of nitrogens with zero attached hydrogens (tertiary/aromatic N) is 2. The summed E-state index contributed by atoms with van der Waals surface area (Å²) < 4.78 is 13.0. The van der Waals surface area contributed by atoms with E-state index in [1.54, 1.807) is 25.1 Å². The molecule has 0 atom stereocenters. The molecule has 156 valence electrons. The first-order valence-corrected chi connectivity index (χ1v) is 11.4. The lowest BCUT2D eigenvalue weighted by atomic mass is 10.1. The van der Waals surface area contributed by atoms with Crippen LogP contribution in [0.3, 0.4) is 0 Å². The number of carbonyl (C=O) groups is 1.